The first-order chi connectivity index (χ1) is 28.1. The van der Waals surface area contributed by atoms with Crippen LogP contribution in [0.5, 0.6) is 0 Å². The van der Waals surface area contributed by atoms with Gasteiger partial charge < -0.3 is 9.47 Å². The van der Waals surface area contributed by atoms with Crippen LogP contribution in [0.4, 0.5) is 11.4 Å². The minimum absolute atomic E-state index is 0.0951. The van der Waals surface area contributed by atoms with Crippen molar-refractivity contribution in [2.75, 3.05) is 4.90 Å². The molecule has 1 atom stereocenters. The summed E-state index contributed by atoms with van der Waals surface area (Å²) >= 11 is 0. The van der Waals surface area contributed by atoms with E-state index in [1.54, 1.807) is 0 Å². The van der Waals surface area contributed by atoms with E-state index < -0.39 is 0 Å². The zero-order valence-electron chi connectivity index (χ0n) is 32.5. The van der Waals surface area contributed by atoms with Crippen molar-refractivity contribution in [3.63, 3.8) is 0 Å². The molecule has 0 fully saturated rings. The Balaban J connectivity index is 1.23. The summed E-state index contributed by atoms with van der Waals surface area (Å²) in [4.78, 5) is 2.61. The molecule has 0 amide bonds. The highest BCUT2D eigenvalue weighted by atomic mass is 15.2. The van der Waals surface area contributed by atoms with Crippen LogP contribution in [-0.4, -0.2) is 4.57 Å². The first-order valence-electron chi connectivity index (χ1n) is 20.4. The molecule has 1 aromatic heterocycles. The van der Waals surface area contributed by atoms with E-state index in [0.717, 1.165) is 30.6 Å². The fourth-order valence-electron chi connectivity index (χ4n) is 10.1. The zero-order chi connectivity index (χ0) is 38.1. The molecule has 2 nitrogen and oxygen atoms in total. The Morgan fingerprint density at radius 1 is 0.632 bits per heavy atom. The second-order valence-corrected chi connectivity index (χ2v) is 16.3. The molecule has 0 spiro atoms. The third-order valence-electron chi connectivity index (χ3n) is 12.8. The second-order valence-electron chi connectivity index (χ2n) is 16.3. The summed E-state index contributed by atoms with van der Waals surface area (Å²) in [5.74, 6) is 0.446. The van der Waals surface area contributed by atoms with Crippen LogP contribution in [0.15, 0.2) is 211 Å². The van der Waals surface area contributed by atoms with Crippen LogP contribution >= 0.6 is 0 Å². The number of allylic oxidation sites excluding steroid dienone is 11. The molecule has 7 aromatic rings. The third kappa shape index (κ3) is 5.24. The standard InChI is InChI=1S/C55H44N2/c1-55(2)47-28-12-8-25-46(47)53-44(26-16-29-48(53)55)42-23-10-15-32-51(42)57(49-30-13-9-22-41(49)39-35-34-37-18-6-7-19-38(37)36-39)52-33-17-27-45-43-24-11-14-31-50(43)56(54(45)52)40-20-4-3-5-21-40/h3-8,10-21,23-33,35-37H,9,22,34H2,1-2H3. The Morgan fingerprint density at radius 2 is 1.35 bits per heavy atom. The van der Waals surface area contributed by atoms with Crippen LogP contribution in [0.3, 0.4) is 0 Å². The predicted octanol–water partition coefficient (Wildman–Crippen LogP) is 14.5. The summed E-state index contributed by atoms with van der Waals surface area (Å²) in [5, 5.41) is 2.50. The quantitative estimate of drug-likeness (QED) is 0.165. The van der Waals surface area contributed by atoms with Crippen LogP contribution in [0.1, 0.15) is 44.2 Å². The lowest BCUT2D eigenvalue weighted by molar-refractivity contribution is 0.660. The molecule has 2 heteroatoms. The molecule has 6 aromatic carbocycles. The maximum Gasteiger partial charge on any atom is 0.0782 e. The summed E-state index contributed by atoms with van der Waals surface area (Å²) in [6.07, 6.45) is 21.8. The van der Waals surface area contributed by atoms with Gasteiger partial charge >= 0.3 is 0 Å². The maximum absolute atomic E-state index is 2.61. The monoisotopic (exact) mass is 732 g/mol. The number of hydrogen-bond acceptors (Lipinski definition) is 1. The van der Waals surface area contributed by atoms with Gasteiger partial charge in [-0.1, -0.05) is 166 Å². The molecule has 0 saturated heterocycles. The third-order valence-corrected chi connectivity index (χ3v) is 12.8. The number of para-hydroxylation sites is 4. The van der Waals surface area contributed by atoms with Crippen LogP contribution in [0, 0.1) is 5.92 Å². The molecule has 0 bridgehead atoms. The first-order valence-corrected chi connectivity index (χ1v) is 20.4. The lowest BCUT2D eigenvalue weighted by Crippen LogP contribution is -2.21. The van der Waals surface area contributed by atoms with Gasteiger partial charge in [-0.3, -0.25) is 0 Å². The molecule has 57 heavy (non-hydrogen) atoms. The van der Waals surface area contributed by atoms with Gasteiger partial charge in [0.2, 0.25) is 0 Å². The summed E-state index contributed by atoms with van der Waals surface area (Å²) in [6.45, 7) is 4.75. The van der Waals surface area contributed by atoms with E-state index >= 15 is 0 Å². The topological polar surface area (TPSA) is 8.17 Å². The number of anilines is 2. The van der Waals surface area contributed by atoms with Gasteiger partial charge in [0, 0.05) is 39.1 Å². The minimum atomic E-state index is -0.0951. The van der Waals surface area contributed by atoms with Gasteiger partial charge in [-0.25, -0.2) is 0 Å². The number of benzene rings is 6. The molecule has 11 rings (SSSR count). The maximum atomic E-state index is 2.61. The zero-order valence-corrected chi connectivity index (χ0v) is 32.5. The molecular weight excluding hydrogens is 689 g/mol. The molecule has 0 saturated carbocycles. The van der Waals surface area contributed by atoms with E-state index in [0.29, 0.717) is 5.92 Å². The number of fused-ring (bicyclic) bond motifs is 7. The van der Waals surface area contributed by atoms with Gasteiger partial charge in [-0.05, 0) is 100 Å². The average molecular weight is 733 g/mol. The number of aromatic nitrogens is 1. The van der Waals surface area contributed by atoms with E-state index in [1.807, 2.05) is 0 Å². The Labute approximate surface area is 335 Å². The highest BCUT2D eigenvalue weighted by Crippen LogP contribution is 2.54. The highest BCUT2D eigenvalue weighted by Gasteiger charge is 2.37. The highest BCUT2D eigenvalue weighted by molar-refractivity contribution is 6.14. The van der Waals surface area contributed by atoms with Crippen molar-refractivity contribution in [2.24, 2.45) is 5.92 Å². The lowest BCUT2D eigenvalue weighted by Gasteiger charge is -2.34. The molecule has 1 unspecified atom stereocenters. The Bertz CT molecular complexity index is 2960. The Hall–Kier alpha value is -6.64. The van der Waals surface area contributed by atoms with Crippen molar-refractivity contribution in [2.45, 2.75) is 38.5 Å². The fourth-order valence-corrected chi connectivity index (χ4v) is 10.1. The molecule has 4 aliphatic carbocycles. The van der Waals surface area contributed by atoms with Crippen molar-refractivity contribution < 1.29 is 0 Å². The minimum Gasteiger partial charge on any atom is -0.307 e. The Kier molecular flexibility index (Phi) is 7.83. The molecule has 0 N–H and O–H groups in total. The number of rotatable bonds is 6. The largest absolute Gasteiger partial charge is 0.307 e. The van der Waals surface area contributed by atoms with E-state index in [2.05, 4.69) is 211 Å². The van der Waals surface area contributed by atoms with Gasteiger partial charge in [0.1, 0.15) is 0 Å². The van der Waals surface area contributed by atoms with Gasteiger partial charge in [-0.15, -0.1) is 0 Å². The predicted molar refractivity (Wildman–Crippen MR) is 240 cm³/mol. The van der Waals surface area contributed by atoms with Crippen LogP contribution < -0.4 is 4.90 Å². The van der Waals surface area contributed by atoms with E-state index in [-0.39, 0.29) is 5.41 Å². The molecule has 0 aliphatic heterocycles. The van der Waals surface area contributed by atoms with Crippen molar-refractivity contribution >= 4 is 33.2 Å². The molecule has 0 radical (unpaired) electrons. The second kappa shape index (κ2) is 13.2. The van der Waals surface area contributed by atoms with Gasteiger partial charge in [-0.2, -0.15) is 0 Å². The summed E-state index contributed by atoms with van der Waals surface area (Å²) < 4.78 is 2.48. The van der Waals surface area contributed by atoms with E-state index in [9.17, 15) is 0 Å². The van der Waals surface area contributed by atoms with Crippen LogP contribution in [0.25, 0.3) is 49.7 Å². The van der Waals surface area contributed by atoms with Gasteiger partial charge in [0.05, 0.1) is 22.4 Å². The first kappa shape index (κ1) is 33.7. The summed E-state index contributed by atoms with van der Waals surface area (Å²) in [7, 11) is 0. The molecule has 4 aliphatic rings. The fraction of sp³-hybridized carbons (Fsp3) is 0.127. The smallest absolute Gasteiger partial charge is 0.0782 e. The Morgan fingerprint density at radius 3 is 2.26 bits per heavy atom. The number of nitrogens with zero attached hydrogens (tertiary/aromatic N) is 2. The SMILES string of the molecule is CC1(C)c2ccccc2-c2c(-c3ccccc3N(C3=C(C4=CCC5C=CC=CC5=C4)CCC=C3)c3cccc4c5ccccc5n(-c5ccccc5)c34)cccc21. The lowest BCUT2D eigenvalue weighted by atomic mass is 9.81. The van der Waals surface area contributed by atoms with Crippen molar-refractivity contribution in [1.29, 1.82) is 0 Å². The van der Waals surface area contributed by atoms with Gasteiger partial charge in [0.15, 0.2) is 0 Å². The molecule has 274 valence electrons. The molecule has 1 heterocycles. The van der Waals surface area contributed by atoms with Crippen molar-refractivity contribution in [3.05, 3.63) is 222 Å². The number of hydrogen-bond donors (Lipinski definition) is 0. The average Bonchev–Trinajstić information content (AvgIpc) is 3.73. The molecular formula is C55H44N2. The summed E-state index contributed by atoms with van der Waals surface area (Å²) in [6, 6.07) is 51.8. The van der Waals surface area contributed by atoms with Crippen LogP contribution in [-0.2, 0) is 5.41 Å². The summed E-state index contributed by atoms with van der Waals surface area (Å²) in [5.41, 5.74) is 19.1. The van der Waals surface area contributed by atoms with Gasteiger partial charge in [0.25, 0.3) is 0 Å². The van der Waals surface area contributed by atoms with Crippen LogP contribution in [0.2, 0.25) is 0 Å². The normalized spacial score (nSPS) is 17.7. The van der Waals surface area contributed by atoms with E-state index in [1.165, 1.54) is 83.3 Å². The van der Waals surface area contributed by atoms with Crippen molar-refractivity contribution in [3.8, 4) is 27.9 Å². The van der Waals surface area contributed by atoms with E-state index in [4.69, 9.17) is 0 Å². The van der Waals surface area contributed by atoms with Crippen molar-refractivity contribution in [1.82, 2.24) is 4.57 Å².